The summed E-state index contributed by atoms with van der Waals surface area (Å²) in [5, 5.41) is 3.89. The van der Waals surface area contributed by atoms with Crippen LogP contribution in [-0.2, 0) is 9.84 Å². The molecule has 7 heteroatoms. The van der Waals surface area contributed by atoms with Crippen molar-refractivity contribution in [1.29, 1.82) is 0 Å². The summed E-state index contributed by atoms with van der Waals surface area (Å²) in [4.78, 5) is 8.17. The summed E-state index contributed by atoms with van der Waals surface area (Å²) in [5.74, 6) is 0.834. The van der Waals surface area contributed by atoms with Gasteiger partial charge in [0, 0.05) is 17.9 Å². The minimum atomic E-state index is -3.38. The van der Waals surface area contributed by atoms with Gasteiger partial charge in [-0.3, -0.25) is 0 Å². The van der Waals surface area contributed by atoms with Gasteiger partial charge in [-0.2, -0.15) is 9.50 Å². The monoisotopic (exact) mass is 252 g/mol. The van der Waals surface area contributed by atoms with Crippen molar-refractivity contribution in [2.24, 2.45) is 0 Å². The molecule has 0 radical (unpaired) electrons. The summed E-state index contributed by atoms with van der Waals surface area (Å²) in [7, 11) is -3.38. The van der Waals surface area contributed by atoms with E-state index in [0.29, 0.717) is 11.7 Å². The first-order valence-corrected chi connectivity index (χ1v) is 7.28. The normalized spacial score (nSPS) is 16.6. The molecule has 0 amide bonds. The molecule has 2 heterocycles. The van der Waals surface area contributed by atoms with Gasteiger partial charge >= 0.3 is 0 Å². The Morgan fingerprint density at radius 3 is 2.65 bits per heavy atom. The third-order valence-electron chi connectivity index (χ3n) is 2.78. The molecule has 1 aliphatic carbocycles. The first kappa shape index (κ1) is 10.6. The van der Waals surface area contributed by atoms with Gasteiger partial charge in [0.2, 0.25) is 9.84 Å². The van der Waals surface area contributed by atoms with Crippen LogP contribution in [0.4, 0.5) is 0 Å². The quantitative estimate of drug-likeness (QED) is 0.786. The van der Waals surface area contributed by atoms with E-state index >= 15 is 0 Å². The molecular weight excluding hydrogens is 240 g/mol. The van der Waals surface area contributed by atoms with Crippen LogP contribution in [0.3, 0.4) is 0 Å². The van der Waals surface area contributed by atoms with Crippen LogP contribution in [0, 0.1) is 6.92 Å². The minimum absolute atomic E-state index is 0.155. The standard InChI is InChI=1S/C10H12N4O2S/c1-6-5-8(7-3-4-7)14-9(11-6)12-10(13-14)17(2,15)16/h5,7H,3-4H2,1-2H3. The molecule has 2 aromatic rings. The Bertz CT molecular complexity index is 700. The molecule has 0 N–H and O–H groups in total. The molecule has 0 unspecified atom stereocenters. The smallest absolute Gasteiger partial charge is 0.221 e. The topological polar surface area (TPSA) is 77.2 Å². The van der Waals surface area contributed by atoms with Gasteiger partial charge in [-0.05, 0) is 25.8 Å². The van der Waals surface area contributed by atoms with Gasteiger partial charge in [0.15, 0.2) is 0 Å². The van der Waals surface area contributed by atoms with Crippen LogP contribution in [0.2, 0.25) is 0 Å². The zero-order valence-electron chi connectivity index (χ0n) is 9.58. The highest BCUT2D eigenvalue weighted by Gasteiger charge is 2.28. The van der Waals surface area contributed by atoms with Crippen LogP contribution in [0.15, 0.2) is 11.2 Å². The lowest BCUT2D eigenvalue weighted by Gasteiger charge is -2.02. The van der Waals surface area contributed by atoms with E-state index in [9.17, 15) is 8.42 Å². The second-order valence-corrected chi connectivity index (χ2v) is 6.38. The van der Waals surface area contributed by atoms with Crippen molar-refractivity contribution in [2.45, 2.75) is 30.8 Å². The van der Waals surface area contributed by atoms with Crippen molar-refractivity contribution >= 4 is 15.6 Å². The SMILES string of the molecule is Cc1cc(C2CC2)n2nc(S(C)(=O)=O)nc2n1. The van der Waals surface area contributed by atoms with Crippen molar-refractivity contribution in [2.75, 3.05) is 6.26 Å². The molecule has 0 bridgehead atoms. The Morgan fingerprint density at radius 2 is 2.06 bits per heavy atom. The number of fused-ring (bicyclic) bond motifs is 1. The van der Waals surface area contributed by atoms with Crippen LogP contribution in [0.1, 0.15) is 30.1 Å². The fourth-order valence-corrected chi connectivity index (χ4v) is 2.30. The molecule has 0 spiro atoms. The van der Waals surface area contributed by atoms with E-state index in [-0.39, 0.29) is 5.16 Å². The van der Waals surface area contributed by atoms with Gasteiger partial charge in [-0.1, -0.05) is 0 Å². The highest BCUT2D eigenvalue weighted by Crippen LogP contribution is 2.39. The lowest BCUT2D eigenvalue weighted by Crippen LogP contribution is -2.02. The van der Waals surface area contributed by atoms with Crippen LogP contribution in [-0.4, -0.2) is 34.3 Å². The molecular formula is C10H12N4O2S. The Hall–Kier alpha value is -1.50. The van der Waals surface area contributed by atoms with Crippen molar-refractivity contribution in [3.63, 3.8) is 0 Å². The van der Waals surface area contributed by atoms with Crippen LogP contribution in [0.25, 0.3) is 5.78 Å². The Kier molecular flexibility index (Phi) is 2.04. The van der Waals surface area contributed by atoms with E-state index < -0.39 is 9.84 Å². The molecule has 0 saturated heterocycles. The third kappa shape index (κ3) is 1.80. The largest absolute Gasteiger partial charge is 0.268 e. The summed E-state index contributed by atoms with van der Waals surface area (Å²) < 4.78 is 24.4. The van der Waals surface area contributed by atoms with Gasteiger partial charge in [-0.15, -0.1) is 5.10 Å². The molecule has 1 saturated carbocycles. The van der Waals surface area contributed by atoms with E-state index in [0.717, 1.165) is 30.5 Å². The molecule has 6 nitrogen and oxygen atoms in total. The molecule has 1 aliphatic rings. The lowest BCUT2D eigenvalue weighted by atomic mass is 10.2. The molecule has 17 heavy (non-hydrogen) atoms. The van der Waals surface area contributed by atoms with E-state index in [1.807, 2.05) is 13.0 Å². The minimum Gasteiger partial charge on any atom is -0.221 e. The van der Waals surface area contributed by atoms with Gasteiger partial charge in [0.05, 0.1) is 5.69 Å². The first-order valence-electron chi connectivity index (χ1n) is 5.39. The molecule has 0 atom stereocenters. The maximum atomic E-state index is 11.4. The Morgan fingerprint density at radius 1 is 1.35 bits per heavy atom. The highest BCUT2D eigenvalue weighted by molar-refractivity contribution is 7.90. The average Bonchev–Trinajstić information content (AvgIpc) is 2.95. The number of rotatable bonds is 2. The fourth-order valence-electron chi connectivity index (χ4n) is 1.82. The highest BCUT2D eigenvalue weighted by atomic mass is 32.2. The zero-order chi connectivity index (χ0) is 12.2. The average molecular weight is 252 g/mol. The third-order valence-corrected chi connectivity index (χ3v) is 3.61. The number of sulfone groups is 1. The van der Waals surface area contributed by atoms with Crippen molar-refractivity contribution in [3.05, 3.63) is 17.5 Å². The lowest BCUT2D eigenvalue weighted by molar-refractivity contribution is 0.592. The first-order chi connectivity index (χ1) is 7.95. The number of aryl methyl sites for hydroxylation is 1. The summed E-state index contributed by atoms with van der Waals surface area (Å²) >= 11 is 0. The molecule has 0 aromatic carbocycles. The number of nitrogens with zero attached hydrogens (tertiary/aromatic N) is 4. The van der Waals surface area contributed by atoms with Crippen molar-refractivity contribution < 1.29 is 8.42 Å². The van der Waals surface area contributed by atoms with Crippen LogP contribution < -0.4 is 0 Å². The molecule has 0 aliphatic heterocycles. The second-order valence-electron chi connectivity index (χ2n) is 4.48. The summed E-state index contributed by atoms with van der Waals surface area (Å²) in [5.41, 5.74) is 1.85. The van der Waals surface area contributed by atoms with E-state index in [4.69, 9.17) is 0 Å². The van der Waals surface area contributed by atoms with Crippen molar-refractivity contribution in [3.8, 4) is 0 Å². The Balaban J connectivity index is 2.31. The van der Waals surface area contributed by atoms with Crippen LogP contribution >= 0.6 is 0 Å². The summed E-state index contributed by atoms with van der Waals surface area (Å²) in [6.45, 7) is 1.88. The van der Waals surface area contributed by atoms with E-state index in [1.54, 1.807) is 4.52 Å². The van der Waals surface area contributed by atoms with Gasteiger partial charge in [-0.25, -0.2) is 13.4 Å². The fraction of sp³-hybridized carbons (Fsp3) is 0.500. The molecule has 2 aromatic heterocycles. The predicted octanol–water partition coefficient (Wildman–Crippen LogP) is 0.714. The van der Waals surface area contributed by atoms with E-state index in [2.05, 4.69) is 15.1 Å². The zero-order valence-corrected chi connectivity index (χ0v) is 10.4. The Labute approximate surface area is 98.6 Å². The molecule has 1 fully saturated rings. The maximum Gasteiger partial charge on any atom is 0.268 e. The number of hydrogen-bond donors (Lipinski definition) is 0. The van der Waals surface area contributed by atoms with Crippen molar-refractivity contribution in [1.82, 2.24) is 19.6 Å². The molecule has 3 rings (SSSR count). The van der Waals surface area contributed by atoms with Gasteiger partial charge < -0.3 is 0 Å². The van der Waals surface area contributed by atoms with E-state index in [1.165, 1.54) is 0 Å². The predicted molar refractivity (Wildman–Crippen MR) is 60.6 cm³/mol. The molecule has 90 valence electrons. The van der Waals surface area contributed by atoms with Gasteiger partial charge in [0.1, 0.15) is 0 Å². The summed E-state index contributed by atoms with van der Waals surface area (Å²) in [6.07, 6.45) is 3.34. The van der Waals surface area contributed by atoms with Gasteiger partial charge in [0.25, 0.3) is 10.9 Å². The number of hydrogen-bond acceptors (Lipinski definition) is 5. The van der Waals surface area contributed by atoms with Crippen LogP contribution in [0.5, 0.6) is 0 Å². The second kappa shape index (κ2) is 3.25. The summed E-state index contributed by atoms with van der Waals surface area (Å²) in [6, 6.07) is 1.95. The maximum absolute atomic E-state index is 11.4. The number of aromatic nitrogens is 4.